The second kappa shape index (κ2) is 7.81. The van der Waals surface area contributed by atoms with Gasteiger partial charge in [-0.25, -0.2) is 0 Å². The summed E-state index contributed by atoms with van der Waals surface area (Å²) in [4.78, 5) is 23.2. The molecule has 0 aliphatic heterocycles. The lowest BCUT2D eigenvalue weighted by Crippen LogP contribution is -2.41. The van der Waals surface area contributed by atoms with Crippen LogP contribution in [0.15, 0.2) is 0 Å². The molecule has 21 heavy (non-hydrogen) atoms. The van der Waals surface area contributed by atoms with Crippen LogP contribution in [-0.2, 0) is 9.59 Å². The van der Waals surface area contributed by atoms with E-state index >= 15 is 0 Å². The number of rotatable bonds is 6. The maximum atomic E-state index is 12.1. The molecule has 0 heterocycles. The fourth-order valence-corrected chi connectivity index (χ4v) is 4.05. The van der Waals surface area contributed by atoms with Crippen molar-refractivity contribution in [3.63, 3.8) is 0 Å². The fraction of sp³-hybridized carbons (Fsp3) is 0.882. The summed E-state index contributed by atoms with van der Waals surface area (Å²) in [5.41, 5.74) is -0.202. The number of aliphatic carboxylic acids is 1. The first-order chi connectivity index (χ1) is 10.1. The smallest absolute Gasteiger partial charge is 0.303 e. The van der Waals surface area contributed by atoms with Crippen molar-refractivity contribution >= 4 is 11.9 Å². The van der Waals surface area contributed by atoms with Crippen molar-refractivity contribution in [3.8, 4) is 0 Å². The van der Waals surface area contributed by atoms with Gasteiger partial charge < -0.3 is 10.4 Å². The van der Waals surface area contributed by atoms with Crippen LogP contribution in [0.3, 0.4) is 0 Å². The monoisotopic (exact) mass is 295 g/mol. The number of hydrogen-bond acceptors (Lipinski definition) is 2. The van der Waals surface area contributed by atoms with Crippen LogP contribution < -0.4 is 5.32 Å². The molecular weight excluding hydrogens is 266 g/mol. The van der Waals surface area contributed by atoms with Crippen molar-refractivity contribution in [2.45, 2.75) is 77.0 Å². The van der Waals surface area contributed by atoms with E-state index in [4.69, 9.17) is 5.11 Å². The standard InChI is InChI=1S/C17H29NO3/c19-15(11-14-7-3-1-4-8-14)18-13-17(12-16(20)21)9-5-2-6-10-17/h14H,1-13H2,(H,18,19)(H,20,21). The fourth-order valence-electron chi connectivity index (χ4n) is 4.05. The number of hydrogen-bond donors (Lipinski definition) is 2. The molecule has 0 atom stereocenters. The van der Waals surface area contributed by atoms with Gasteiger partial charge in [0.05, 0.1) is 6.42 Å². The number of carbonyl (C=O) groups excluding carboxylic acids is 1. The molecule has 2 fully saturated rings. The van der Waals surface area contributed by atoms with Gasteiger partial charge in [-0.3, -0.25) is 9.59 Å². The lowest BCUT2D eigenvalue weighted by molar-refractivity contribution is -0.140. The highest BCUT2D eigenvalue weighted by Crippen LogP contribution is 2.38. The van der Waals surface area contributed by atoms with Gasteiger partial charge in [-0.1, -0.05) is 38.5 Å². The average molecular weight is 295 g/mol. The highest BCUT2D eigenvalue weighted by Gasteiger charge is 2.34. The molecule has 0 aromatic heterocycles. The van der Waals surface area contributed by atoms with E-state index in [2.05, 4.69) is 5.32 Å². The Labute approximate surface area is 127 Å². The first-order valence-electron chi connectivity index (χ1n) is 8.58. The summed E-state index contributed by atoms with van der Waals surface area (Å²) < 4.78 is 0. The lowest BCUT2D eigenvalue weighted by Gasteiger charge is -2.36. The van der Waals surface area contributed by atoms with E-state index in [9.17, 15) is 9.59 Å². The van der Waals surface area contributed by atoms with Crippen LogP contribution >= 0.6 is 0 Å². The van der Waals surface area contributed by atoms with Gasteiger partial charge in [-0.15, -0.1) is 0 Å². The Morgan fingerprint density at radius 2 is 1.62 bits per heavy atom. The molecule has 0 aromatic carbocycles. The summed E-state index contributed by atoms with van der Waals surface area (Å²) in [6.45, 7) is 0.546. The molecule has 2 N–H and O–H groups in total. The van der Waals surface area contributed by atoms with Gasteiger partial charge in [0.15, 0.2) is 0 Å². The summed E-state index contributed by atoms with van der Waals surface area (Å²) in [7, 11) is 0. The molecule has 0 radical (unpaired) electrons. The van der Waals surface area contributed by atoms with Gasteiger partial charge in [0.2, 0.25) is 5.91 Å². The molecule has 0 bridgehead atoms. The van der Waals surface area contributed by atoms with Gasteiger partial charge >= 0.3 is 5.97 Å². The Hall–Kier alpha value is -1.06. The molecule has 120 valence electrons. The van der Waals surface area contributed by atoms with Crippen LogP contribution in [0, 0.1) is 11.3 Å². The molecule has 0 aromatic rings. The Bertz CT molecular complexity index is 355. The number of carboxylic acid groups (broad SMARTS) is 1. The normalized spacial score (nSPS) is 22.7. The average Bonchev–Trinajstić information content (AvgIpc) is 2.47. The molecular formula is C17H29NO3. The molecule has 2 saturated carbocycles. The minimum Gasteiger partial charge on any atom is -0.481 e. The van der Waals surface area contributed by atoms with Crippen molar-refractivity contribution in [2.24, 2.45) is 11.3 Å². The second-order valence-electron chi connectivity index (χ2n) is 7.12. The SMILES string of the molecule is O=C(O)CC1(CNC(=O)CC2CCCCC2)CCCCC1. The summed E-state index contributed by atoms with van der Waals surface area (Å²) in [5, 5.41) is 12.2. The maximum absolute atomic E-state index is 12.1. The van der Waals surface area contributed by atoms with Crippen LogP contribution in [0.2, 0.25) is 0 Å². The first kappa shape index (κ1) is 16.3. The molecule has 2 rings (SSSR count). The third-order valence-corrected chi connectivity index (χ3v) is 5.30. The van der Waals surface area contributed by atoms with Crippen molar-refractivity contribution < 1.29 is 14.7 Å². The molecule has 0 spiro atoms. The van der Waals surface area contributed by atoms with Crippen LogP contribution in [0.5, 0.6) is 0 Å². The third kappa shape index (κ3) is 5.33. The zero-order chi connectivity index (χ0) is 15.1. The van der Waals surface area contributed by atoms with E-state index in [1.54, 1.807) is 0 Å². The summed E-state index contributed by atoms with van der Waals surface area (Å²) in [6.07, 6.45) is 12.2. The summed E-state index contributed by atoms with van der Waals surface area (Å²) in [6, 6.07) is 0. The van der Waals surface area contributed by atoms with Crippen molar-refractivity contribution in [3.05, 3.63) is 0 Å². The van der Waals surface area contributed by atoms with E-state index in [1.807, 2.05) is 0 Å². The molecule has 2 aliphatic rings. The second-order valence-corrected chi connectivity index (χ2v) is 7.12. The van der Waals surface area contributed by atoms with Gasteiger partial charge in [0, 0.05) is 13.0 Å². The minimum atomic E-state index is -0.738. The van der Waals surface area contributed by atoms with Gasteiger partial charge in [-0.05, 0) is 37.0 Å². The predicted molar refractivity (Wildman–Crippen MR) is 82.0 cm³/mol. The molecule has 0 saturated heterocycles. The largest absolute Gasteiger partial charge is 0.481 e. The van der Waals surface area contributed by atoms with E-state index in [-0.39, 0.29) is 17.7 Å². The van der Waals surface area contributed by atoms with Crippen LogP contribution in [-0.4, -0.2) is 23.5 Å². The molecule has 1 amide bonds. The third-order valence-electron chi connectivity index (χ3n) is 5.30. The number of carboxylic acids is 1. The van der Waals surface area contributed by atoms with E-state index in [0.29, 0.717) is 18.9 Å². The van der Waals surface area contributed by atoms with Gasteiger partial charge in [0.25, 0.3) is 0 Å². The number of amides is 1. The van der Waals surface area contributed by atoms with Crippen molar-refractivity contribution in [1.82, 2.24) is 5.32 Å². The summed E-state index contributed by atoms with van der Waals surface area (Å²) in [5.74, 6) is -0.0730. The van der Waals surface area contributed by atoms with E-state index in [1.165, 1.54) is 38.5 Å². The zero-order valence-electron chi connectivity index (χ0n) is 13.0. The quantitative estimate of drug-likeness (QED) is 0.788. The maximum Gasteiger partial charge on any atom is 0.303 e. The minimum absolute atomic E-state index is 0.122. The molecule has 4 nitrogen and oxygen atoms in total. The Balaban J connectivity index is 1.79. The molecule has 2 aliphatic carbocycles. The number of carbonyl (C=O) groups is 2. The van der Waals surface area contributed by atoms with E-state index in [0.717, 1.165) is 25.7 Å². The van der Waals surface area contributed by atoms with Crippen LogP contribution in [0.1, 0.15) is 77.0 Å². The topological polar surface area (TPSA) is 66.4 Å². The first-order valence-corrected chi connectivity index (χ1v) is 8.58. The van der Waals surface area contributed by atoms with Gasteiger partial charge in [0.1, 0.15) is 0 Å². The highest BCUT2D eigenvalue weighted by molar-refractivity contribution is 5.76. The zero-order valence-corrected chi connectivity index (χ0v) is 13.0. The highest BCUT2D eigenvalue weighted by atomic mass is 16.4. The van der Waals surface area contributed by atoms with Gasteiger partial charge in [-0.2, -0.15) is 0 Å². The number of nitrogens with one attached hydrogen (secondary N) is 1. The Morgan fingerprint density at radius 1 is 1.00 bits per heavy atom. The lowest BCUT2D eigenvalue weighted by atomic mass is 9.71. The Kier molecular flexibility index (Phi) is 6.07. The Morgan fingerprint density at radius 3 is 2.24 bits per heavy atom. The van der Waals surface area contributed by atoms with Crippen molar-refractivity contribution in [1.29, 1.82) is 0 Å². The molecule has 0 unspecified atom stereocenters. The van der Waals surface area contributed by atoms with Crippen molar-refractivity contribution in [2.75, 3.05) is 6.54 Å². The van der Waals surface area contributed by atoms with E-state index < -0.39 is 5.97 Å². The molecule has 4 heteroatoms. The predicted octanol–water partition coefficient (Wildman–Crippen LogP) is 3.50. The van der Waals surface area contributed by atoms with Crippen LogP contribution in [0.25, 0.3) is 0 Å². The summed E-state index contributed by atoms with van der Waals surface area (Å²) >= 11 is 0. The van der Waals surface area contributed by atoms with Crippen LogP contribution in [0.4, 0.5) is 0 Å².